The molecule has 0 radical (unpaired) electrons. The van der Waals surface area contributed by atoms with Gasteiger partial charge >= 0.3 is 11.9 Å². The van der Waals surface area contributed by atoms with Gasteiger partial charge in [-0.3, -0.25) is 9.59 Å². The molecule has 5 nitrogen and oxygen atoms in total. The largest absolute Gasteiger partial charge is 0.494 e. The summed E-state index contributed by atoms with van der Waals surface area (Å²) in [5.41, 5.74) is 3.63. The van der Waals surface area contributed by atoms with Crippen molar-refractivity contribution < 1.29 is 23.8 Å². The number of carbonyl (C=O) groups excluding carboxylic acids is 2. The molecular weight excluding hydrogens is 476 g/mol. The van der Waals surface area contributed by atoms with Crippen LogP contribution in [0.25, 0.3) is 0 Å². The van der Waals surface area contributed by atoms with E-state index in [2.05, 4.69) is 33.8 Å². The summed E-state index contributed by atoms with van der Waals surface area (Å²) < 4.78 is 17.9. The van der Waals surface area contributed by atoms with E-state index in [0.29, 0.717) is 48.7 Å². The van der Waals surface area contributed by atoms with Crippen LogP contribution < -0.4 is 0 Å². The van der Waals surface area contributed by atoms with Crippen LogP contribution >= 0.6 is 0 Å². The number of ether oxygens (including phenoxy) is 3. The van der Waals surface area contributed by atoms with Crippen molar-refractivity contribution >= 4 is 11.9 Å². The van der Waals surface area contributed by atoms with E-state index in [9.17, 15) is 9.59 Å². The summed E-state index contributed by atoms with van der Waals surface area (Å²) in [7, 11) is 0. The minimum Gasteiger partial charge on any atom is -0.494 e. The molecule has 0 unspecified atom stereocenters. The molecule has 0 N–H and O–H groups in total. The van der Waals surface area contributed by atoms with E-state index in [-0.39, 0.29) is 23.5 Å². The maximum atomic E-state index is 11.9. The summed E-state index contributed by atoms with van der Waals surface area (Å²) in [6.07, 6.45) is 13.8. The first-order valence-electron chi connectivity index (χ1n) is 15.5. The third kappa shape index (κ3) is 4.74. The van der Waals surface area contributed by atoms with Crippen molar-refractivity contribution in [1.82, 2.24) is 0 Å². The zero-order chi connectivity index (χ0) is 27.2. The van der Waals surface area contributed by atoms with Crippen molar-refractivity contribution in [2.24, 2.45) is 40.4 Å². The number of hydrogen-bond acceptors (Lipinski definition) is 5. The number of carbonyl (C=O) groups is 2. The zero-order valence-corrected chi connectivity index (χ0v) is 24.6. The molecule has 1 aliphatic heterocycles. The van der Waals surface area contributed by atoms with Crippen LogP contribution in [0.15, 0.2) is 23.0 Å². The Bertz CT molecular complexity index is 995. The molecule has 1 heterocycles. The van der Waals surface area contributed by atoms with Gasteiger partial charge in [-0.15, -0.1) is 0 Å². The summed E-state index contributed by atoms with van der Waals surface area (Å²) in [6.45, 7) is 13.8. The van der Waals surface area contributed by atoms with Gasteiger partial charge in [-0.05, 0) is 91.9 Å². The maximum absolute atomic E-state index is 11.9. The maximum Gasteiger partial charge on any atom is 0.305 e. The van der Waals surface area contributed by atoms with Crippen molar-refractivity contribution in [2.75, 3.05) is 6.61 Å². The van der Waals surface area contributed by atoms with Crippen LogP contribution in [0.2, 0.25) is 0 Å². The molecule has 3 saturated carbocycles. The van der Waals surface area contributed by atoms with E-state index in [1.165, 1.54) is 37.0 Å². The minimum absolute atomic E-state index is 0.0593. The highest BCUT2D eigenvalue weighted by Gasteiger charge is 2.63. The number of fused-ring (bicyclic) bond motifs is 7. The first-order chi connectivity index (χ1) is 18.1. The van der Waals surface area contributed by atoms with Crippen LogP contribution in [-0.4, -0.2) is 30.8 Å². The third-order valence-corrected chi connectivity index (χ3v) is 11.5. The van der Waals surface area contributed by atoms with Gasteiger partial charge in [0.15, 0.2) is 0 Å². The lowest BCUT2D eigenvalue weighted by Crippen LogP contribution is -2.50. The summed E-state index contributed by atoms with van der Waals surface area (Å²) in [6, 6.07) is 0. The summed E-state index contributed by atoms with van der Waals surface area (Å²) in [5.74, 6) is 4.11. The topological polar surface area (TPSA) is 61.8 Å². The SMILES string of the molecule is CCC(=O)OC[C@@H](C)CCC1=C(C)[C@H]2[C@@H](C[C@H]3[C@@H]4CC=C5C[C@@H](OC(=O)CC)CC[C@]5(C)[C@H]4CC[C@@]32C)O1. The second kappa shape index (κ2) is 10.7. The molecule has 9 atom stereocenters. The Balaban J connectivity index is 1.26. The minimum atomic E-state index is -0.111. The van der Waals surface area contributed by atoms with Crippen LogP contribution in [0.1, 0.15) is 112 Å². The number of esters is 2. The number of rotatable bonds is 8. The molecule has 4 aliphatic carbocycles. The molecule has 0 spiro atoms. The standard InChI is InChI=1S/C33H50O5/c1-7-29(34)36-19-20(3)9-12-27-21(4)31-28(38-27)18-26-24-11-10-22-17-23(37-30(35)8-2)13-15-32(22,5)25(24)14-16-33(26,31)6/h10,20,23-26,28,31H,7-9,11-19H2,1-6H3/t20-,23-,24+,25-,26-,28+,31-,32-,33-/m0/s1. The summed E-state index contributed by atoms with van der Waals surface area (Å²) >= 11 is 0. The first-order valence-corrected chi connectivity index (χ1v) is 15.5. The Morgan fingerprint density at radius 1 is 1.11 bits per heavy atom. The van der Waals surface area contributed by atoms with Crippen molar-refractivity contribution in [1.29, 1.82) is 0 Å². The van der Waals surface area contributed by atoms with Crippen LogP contribution in [0.3, 0.4) is 0 Å². The summed E-state index contributed by atoms with van der Waals surface area (Å²) in [4.78, 5) is 23.4. The van der Waals surface area contributed by atoms with Crippen LogP contribution in [0, 0.1) is 40.4 Å². The Hall–Kier alpha value is -1.78. The van der Waals surface area contributed by atoms with Gasteiger partial charge in [0, 0.05) is 31.6 Å². The smallest absolute Gasteiger partial charge is 0.305 e. The molecule has 0 saturated heterocycles. The van der Waals surface area contributed by atoms with E-state index < -0.39 is 0 Å². The lowest BCUT2D eigenvalue weighted by Gasteiger charge is -2.58. The molecule has 5 heteroatoms. The van der Waals surface area contributed by atoms with Gasteiger partial charge in [0.25, 0.3) is 0 Å². The van der Waals surface area contributed by atoms with Crippen LogP contribution in [-0.2, 0) is 23.8 Å². The highest BCUT2D eigenvalue weighted by molar-refractivity contribution is 5.69. The van der Waals surface area contributed by atoms with E-state index in [1.807, 2.05) is 13.8 Å². The van der Waals surface area contributed by atoms with Crippen molar-refractivity contribution in [3.8, 4) is 0 Å². The van der Waals surface area contributed by atoms with E-state index in [4.69, 9.17) is 14.2 Å². The molecular formula is C33H50O5. The van der Waals surface area contributed by atoms with E-state index >= 15 is 0 Å². The van der Waals surface area contributed by atoms with Gasteiger partial charge < -0.3 is 14.2 Å². The molecule has 0 bridgehead atoms. The normalized spacial score (nSPS) is 40.2. The predicted octanol–water partition coefficient (Wildman–Crippen LogP) is 7.54. The molecule has 3 fully saturated rings. The fraction of sp³-hybridized carbons (Fsp3) is 0.818. The Morgan fingerprint density at radius 3 is 2.61 bits per heavy atom. The quantitative estimate of drug-likeness (QED) is 0.241. The first kappa shape index (κ1) is 27.8. The predicted molar refractivity (Wildman–Crippen MR) is 148 cm³/mol. The highest BCUT2D eigenvalue weighted by atomic mass is 16.5. The van der Waals surface area contributed by atoms with Gasteiger partial charge in [-0.1, -0.05) is 46.3 Å². The van der Waals surface area contributed by atoms with Gasteiger partial charge in [0.1, 0.15) is 12.2 Å². The van der Waals surface area contributed by atoms with Gasteiger partial charge in [-0.25, -0.2) is 0 Å². The van der Waals surface area contributed by atoms with Crippen LogP contribution in [0.4, 0.5) is 0 Å². The lowest BCUT2D eigenvalue weighted by atomic mass is 9.47. The molecule has 212 valence electrons. The average Bonchev–Trinajstić information content (AvgIpc) is 3.38. The molecule has 38 heavy (non-hydrogen) atoms. The lowest BCUT2D eigenvalue weighted by molar-refractivity contribution is -0.151. The van der Waals surface area contributed by atoms with Crippen LogP contribution in [0.5, 0.6) is 0 Å². The molecule has 5 aliphatic rings. The third-order valence-electron chi connectivity index (χ3n) is 11.5. The fourth-order valence-electron chi connectivity index (χ4n) is 9.38. The van der Waals surface area contributed by atoms with Crippen molar-refractivity contribution in [3.05, 3.63) is 23.0 Å². The van der Waals surface area contributed by atoms with E-state index in [1.54, 1.807) is 5.57 Å². The Kier molecular flexibility index (Phi) is 7.79. The van der Waals surface area contributed by atoms with Gasteiger partial charge in [-0.2, -0.15) is 0 Å². The summed E-state index contributed by atoms with van der Waals surface area (Å²) in [5, 5.41) is 0. The Labute approximate surface area is 230 Å². The Morgan fingerprint density at radius 2 is 1.87 bits per heavy atom. The second-order valence-corrected chi connectivity index (χ2v) is 13.7. The molecule has 0 amide bonds. The fourth-order valence-corrected chi connectivity index (χ4v) is 9.38. The molecule has 0 aromatic heterocycles. The number of hydrogen-bond donors (Lipinski definition) is 0. The molecule has 0 aromatic carbocycles. The average molecular weight is 527 g/mol. The van der Waals surface area contributed by atoms with Crippen molar-refractivity contribution in [3.63, 3.8) is 0 Å². The van der Waals surface area contributed by atoms with Gasteiger partial charge in [0.05, 0.1) is 12.4 Å². The molecule has 5 rings (SSSR count). The second-order valence-electron chi connectivity index (χ2n) is 13.7. The van der Waals surface area contributed by atoms with Gasteiger partial charge in [0.2, 0.25) is 0 Å². The number of allylic oxidation sites excluding steroid dienone is 2. The van der Waals surface area contributed by atoms with E-state index in [0.717, 1.165) is 43.9 Å². The zero-order valence-electron chi connectivity index (χ0n) is 24.6. The monoisotopic (exact) mass is 526 g/mol. The van der Waals surface area contributed by atoms with Crippen molar-refractivity contribution in [2.45, 2.75) is 124 Å². The highest BCUT2D eigenvalue weighted by Crippen LogP contribution is 2.69. The molecule has 0 aromatic rings.